The van der Waals surface area contributed by atoms with Crippen LogP contribution in [0.4, 0.5) is 4.39 Å². The van der Waals surface area contributed by atoms with E-state index in [1.165, 1.54) is 25.1 Å². The molecular weight excluding hydrogens is 243 g/mol. The Morgan fingerprint density at radius 3 is 2.71 bits per heavy atom. The Morgan fingerprint density at radius 2 is 2.06 bits per heavy atom. The molecule has 0 aliphatic rings. The number of hydrogen-bond acceptors (Lipinski definition) is 3. The second kappa shape index (κ2) is 6.09. The first-order valence-electron chi connectivity index (χ1n) is 5.44. The summed E-state index contributed by atoms with van der Waals surface area (Å²) in [5.41, 5.74) is 5.44. The van der Waals surface area contributed by atoms with Crippen molar-refractivity contribution >= 4 is 10.0 Å². The summed E-state index contributed by atoms with van der Waals surface area (Å²) in [4.78, 5) is -0.00903. The highest BCUT2D eigenvalue weighted by Gasteiger charge is 2.17. The number of rotatable bonds is 6. The fourth-order valence-corrected chi connectivity index (χ4v) is 2.76. The number of sulfonamides is 1. The number of hydrogen-bond donors (Lipinski definition) is 2. The standard InChI is InChI=1S/C11H17FN2O2S/c1-9-10(12)5-4-6-11(9)17(15,16)14-8-3-2-7-13/h4-6,14H,2-3,7-8,13H2,1H3. The van der Waals surface area contributed by atoms with Crippen LogP contribution in [0.5, 0.6) is 0 Å². The summed E-state index contributed by atoms with van der Waals surface area (Å²) in [7, 11) is -3.62. The van der Waals surface area contributed by atoms with E-state index in [2.05, 4.69) is 4.72 Å². The molecule has 0 fully saturated rings. The molecule has 0 aliphatic carbocycles. The quantitative estimate of drug-likeness (QED) is 0.754. The van der Waals surface area contributed by atoms with E-state index in [1.54, 1.807) is 0 Å². The van der Waals surface area contributed by atoms with E-state index >= 15 is 0 Å². The smallest absolute Gasteiger partial charge is 0.240 e. The Labute approximate surface area is 101 Å². The van der Waals surface area contributed by atoms with Gasteiger partial charge in [-0.1, -0.05) is 6.07 Å². The molecule has 17 heavy (non-hydrogen) atoms. The molecular formula is C11H17FN2O2S. The molecule has 0 aromatic heterocycles. The molecule has 0 heterocycles. The summed E-state index contributed by atoms with van der Waals surface area (Å²) < 4.78 is 39.4. The van der Waals surface area contributed by atoms with E-state index < -0.39 is 15.8 Å². The maximum Gasteiger partial charge on any atom is 0.240 e. The summed E-state index contributed by atoms with van der Waals surface area (Å²) in [6.07, 6.45) is 1.43. The lowest BCUT2D eigenvalue weighted by Crippen LogP contribution is -2.26. The summed E-state index contributed by atoms with van der Waals surface area (Å²) in [5, 5.41) is 0. The highest BCUT2D eigenvalue weighted by molar-refractivity contribution is 7.89. The number of unbranched alkanes of at least 4 members (excludes halogenated alkanes) is 1. The van der Waals surface area contributed by atoms with Gasteiger partial charge in [-0.25, -0.2) is 17.5 Å². The Morgan fingerprint density at radius 1 is 1.35 bits per heavy atom. The highest BCUT2D eigenvalue weighted by Crippen LogP contribution is 2.17. The zero-order valence-electron chi connectivity index (χ0n) is 9.74. The molecule has 1 rings (SSSR count). The fourth-order valence-electron chi connectivity index (χ4n) is 1.43. The minimum Gasteiger partial charge on any atom is -0.330 e. The lowest BCUT2D eigenvalue weighted by Gasteiger charge is -2.09. The van der Waals surface area contributed by atoms with Crippen LogP contribution in [0, 0.1) is 12.7 Å². The fraction of sp³-hybridized carbons (Fsp3) is 0.455. The minimum atomic E-state index is -3.62. The number of benzene rings is 1. The maximum absolute atomic E-state index is 13.2. The molecule has 0 bridgehead atoms. The summed E-state index contributed by atoms with van der Waals surface area (Å²) in [5.74, 6) is -0.519. The third-order valence-corrected chi connectivity index (χ3v) is 4.04. The van der Waals surface area contributed by atoms with Crippen LogP contribution >= 0.6 is 0 Å². The van der Waals surface area contributed by atoms with Crippen LogP contribution in [0.2, 0.25) is 0 Å². The zero-order chi connectivity index (χ0) is 12.9. The van der Waals surface area contributed by atoms with E-state index in [0.717, 1.165) is 6.42 Å². The predicted molar refractivity (Wildman–Crippen MR) is 64.6 cm³/mol. The van der Waals surface area contributed by atoms with Gasteiger partial charge in [0.1, 0.15) is 5.82 Å². The Bertz CT molecular complexity index is 474. The Kier molecular flexibility index (Phi) is 5.04. The molecule has 96 valence electrons. The van der Waals surface area contributed by atoms with Crippen molar-refractivity contribution in [2.75, 3.05) is 13.1 Å². The van der Waals surface area contributed by atoms with Crippen molar-refractivity contribution in [1.29, 1.82) is 0 Å². The molecule has 0 amide bonds. The van der Waals surface area contributed by atoms with Gasteiger partial charge in [0.2, 0.25) is 10.0 Å². The molecule has 6 heteroatoms. The SMILES string of the molecule is Cc1c(F)cccc1S(=O)(=O)NCCCCN. The van der Waals surface area contributed by atoms with E-state index in [1.807, 2.05) is 0 Å². The van der Waals surface area contributed by atoms with Gasteiger partial charge in [-0.3, -0.25) is 0 Å². The second-order valence-corrected chi connectivity index (χ2v) is 5.49. The van der Waals surface area contributed by atoms with Crippen LogP contribution in [-0.2, 0) is 10.0 Å². The number of nitrogens with one attached hydrogen (secondary N) is 1. The van der Waals surface area contributed by atoms with Crippen molar-refractivity contribution in [2.24, 2.45) is 5.73 Å². The third kappa shape index (κ3) is 3.76. The maximum atomic E-state index is 13.2. The summed E-state index contributed by atoms with van der Waals surface area (Å²) in [6, 6.07) is 4.02. The molecule has 3 N–H and O–H groups in total. The van der Waals surface area contributed by atoms with Crippen LogP contribution < -0.4 is 10.5 Å². The number of nitrogens with two attached hydrogens (primary N) is 1. The molecule has 4 nitrogen and oxygen atoms in total. The van der Waals surface area contributed by atoms with Crippen LogP contribution in [0.25, 0.3) is 0 Å². The minimum absolute atomic E-state index is 0.00903. The normalized spacial score (nSPS) is 11.7. The summed E-state index contributed by atoms with van der Waals surface area (Å²) >= 11 is 0. The van der Waals surface area contributed by atoms with Crippen molar-refractivity contribution < 1.29 is 12.8 Å². The van der Waals surface area contributed by atoms with Gasteiger partial charge in [-0.2, -0.15) is 0 Å². The molecule has 0 saturated carbocycles. The second-order valence-electron chi connectivity index (χ2n) is 3.76. The first-order valence-corrected chi connectivity index (χ1v) is 6.92. The molecule has 0 saturated heterocycles. The van der Waals surface area contributed by atoms with E-state index in [-0.39, 0.29) is 10.5 Å². The zero-order valence-corrected chi connectivity index (χ0v) is 10.6. The Hall–Kier alpha value is -0.980. The molecule has 1 aromatic carbocycles. The van der Waals surface area contributed by atoms with Crippen LogP contribution in [-0.4, -0.2) is 21.5 Å². The average molecular weight is 260 g/mol. The van der Waals surface area contributed by atoms with Crippen molar-refractivity contribution in [3.63, 3.8) is 0 Å². The van der Waals surface area contributed by atoms with Gasteiger partial charge in [0.15, 0.2) is 0 Å². The lowest BCUT2D eigenvalue weighted by atomic mass is 10.2. The van der Waals surface area contributed by atoms with Crippen LogP contribution in [0.3, 0.4) is 0 Å². The van der Waals surface area contributed by atoms with Crippen molar-refractivity contribution in [3.8, 4) is 0 Å². The van der Waals surface area contributed by atoms with Crippen molar-refractivity contribution in [2.45, 2.75) is 24.7 Å². The largest absolute Gasteiger partial charge is 0.330 e. The first kappa shape index (κ1) is 14.1. The van der Waals surface area contributed by atoms with Gasteiger partial charge in [-0.15, -0.1) is 0 Å². The van der Waals surface area contributed by atoms with Gasteiger partial charge in [0, 0.05) is 12.1 Å². The third-order valence-electron chi connectivity index (χ3n) is 2.43. The van der Waals surface area contributed by atoms with Gasteiger partial charge >= 0.3 is 0 Å². The molecule has 0 aliphatic heterocycles. The van der Waals surface area contributed by atoms with Crippen LogP contribution in [0.15, 0.2) is 23.1 Å². The van der Waals surface area contributed by atoms with Gasteiger partial charge in [0.25, 0.3) is 0 Å². The molecule has 0 atom stereocenters. The predicted octanol–water partition coefficient (Wildman–Crippen LogP) is 1.15. The monoisotopic (exact) mass is 260 g/mol. The van der Waals surface area contributed by atoms with Gasteiger partial charge in [-0.05, 0) is 38.4 Å². The van der Waals surface area contributed by atoms with E-state index in [9.17, 15) is 12.8 Å². The lowest BCUT2D eigenvalue weighted by molar-refractivity contribution is 0.571. The average Bonchev–Trinajstić information content (AvgIpc) is 2.28. The number of halogens is 1. The summed E-state index contributed by atoms with van der Waals surface area (Å²) in [6.45, 7) is 2.29. The molecule has 0 radical (unpaired) electrons. The molecule has 0 unspecified atom stereocenters. The molecule has 0 spiro atoms. The Balaban J connectivity index is 2.79. The van der Waals surface area contributed by atoms with E-state index in [0.29, 0.717) is 19.5 Å². The van der Waals surface area contributed by atoms with Gasteiger partial charge in [0.05, 0.1) is 4.90 Å². The molecule has 1 aromatic rings. The first-order chi connectivity index (χ1) is 7.99. The highest BCUT2D eigenvalue weighted by atomic mass is 32.2. The van der Waals surface area contributed by atoms with Crippen molar-refractivity contribution in [1.82, 2.24) is 4.72 Å². The van der Waals surface area contributed by atoms with Crippen LogP contribution in [0.1, 0.15) is 18.4 Å². The van der Waals surface area contributed by atoms with E-state index in [4.69, 9.17) is 5.73 Å². The topological polar surface area (TPSA) is 72.2 Å². The van der Waals surface area contributed by atoms with Gasteiger partial charge < -0.3 is 5.73 Å². The van der Waals surface area contributed by atoms with Crippen molar-refractivity contribution in [3.05, 3.63) is 29.6 Å².